The van der Waals surface area contributed by atoms with Gasteiger partial charge in [0, 0.05) is 10.9 Å². The summed E-state index contributed by atoms with van der Waals surface area (Å²) >= 11 is 1.53. The highest BCUT2D eigenvalue weighted by molar-refractivity contribution is 7.99. The van der Waals surface area contributed by atoms with Gasteiger partial charge in [-0.3, -0.25) is 9.78 Å². The van der Waals surface area contributed by atoms with Gasteiger partial charge in [-0.1, -0.05) is 62.2 Å². The Labute approximate surface area is 196 Å². The molecule has 9 heteroatoms. The maximum atomic E-state index is 13.2. The molecule has 0 bridgehead atoms. The van der Waals surface area contributed by atoms with Crippen LogP contribution >= 0.6 is 11.8 Å². The number of anilines is 1. The van der Waals surface area contributed by atoms with Crippen molar-refractivity contribution >= 4 is 23.4 Å². The molecule has 1 aliphatic heterocycles. The number of ether oxygens (including phenoxy) is 1. The average molecular weight is 468 g/mol. The van der Waals surface area contributed by atoms with Crippen LogP contribution in [0.1, 0.15) is 44.3 Å². The second kappa shape index (κ2) is 10.5. The summed E-state index contributed by atoms with van der Waals surface area (Å²) in [5.74, 6) is 0.233. The predicted molar refractivity (Wildman–Crippen MR) is 127 cm³/mol. The number of aromatic nitrogens is 3. The van der Waals surface area contributed by atoms with Gasteiger partial charge >= 0.3 is 17.2 Å². The highest BCUT2D eigenvalue weighted by atomic mass is 32.2. The molecule has 4 rings (SSSR count). The Hall–Kier alpha value is -3.33. The molecule has 1 aromatic heterocycles. The van der Waals surface area contributed by atoms with Crippen LogP contribution in [0.4, 0.5) is 5.69 Å². The number of carboxylic acids is 1. The zero-order valence-electron chi connectivity index (χ0n) is 18.4. The third-order valence-corrected chi connectivity index (χ3v) is 6.33. The van der Waals surface area contributed by atoms with E-state index in [4.69, 9.17) is 14.9 Å². The number of fused-ring (bicyclic) bond motifs is 3. The maximum Gasteiger partial charge on any atom is 0.341 e. The first-order valence-electron chi connectivity index (χ1n) is 11.1. The van der Waals surface area contributed by atoms with Crippen LogP contribution in [-0.4, -0.2) is 33.5 Å². The molecule has 0 fully saturated rings. The van der Waals surface area contributed by atoms with Gasteiger partial charge in [0.25, 0.3) is 6.17 Å². The predicted octanol–water partition coefficient (Wildman–Crippen LogP) is 3.83. The van der Waals surface area contributed by atoms with Crippen LogP contribution < -0.4 is 20.3 Å². The quantitative estimate of drug-likeness (QED) is 0.236. The Balaban J connectivity index is 1.74. The second-order valence-electron chi connectivity index (χ2n) is 7.77. The lowest BCUT2D eigenvalue weighted by atomic mass is 10.0. The first-order valence-corrected chi connectivity index (χ1v) is 12.1. The first-order chi connectivity index (χ1) is 16.1. The zero-order chi connectivity index (χ0) is 23.2. The fourth-order valence-electron chi connectivity index (χ4n) is 3.84. The van der Waals surface area contributed by atoms with Crippen LogP contribution in [0.25, 0.3) is 11.3 Å². The van der Waals surface area contributed by atoms with Crippen molar-refractivity contribution < 1.29 is 19.3 Å². The largest absolute Gasteiger partial charge is 0.481 e. The molecule has 8 nitrogen and oxygen atoms in total. The number of unbranched alkanes of at least 4 members (excludes halogenated alkanes) is 3. The van der Waals surface area contributed by atoms with E-state index in [-0.39, 0.29) is 5.56 Å². The first kappa shape index (κ1) is 22.8. The van der Waals surface area contributed by atoms with E-state index >= 15 is 0 Å². The van der Waals surface area contributed by atoms with Crippen LogP contribution in [0, 0.1) is 0 Å². The molecule has 0 radical (unpaired) electrons. The Kier molecular flexibility index (Phi) is 7.29. The van der Waals surface area contributed by atoms with E-state index in [0.717, 1.165) is 29.8 Å². The minimum Gasteiger partial charge on any atom is -0.481 e. The number of H-pyrrole nitrogens is 1. The minimum absolute atomic E-state index is 0.219. The van der Waals surface area contributed by atoms with Gasteiger partial charge in [0.2, 0.25) is 5.16 Å². The van der Waals surface area contributed by atoms with E-state index in [9.17, 15) is 9.59 Å². The summed E-state index contributed by atoms with van der Waals surface area (Å²) < 4.78 is 7.22. The molecule has 0 saturated heterocycles. The molecule has 0 unspecified atom stereocenters. The van der Waals surface area contributed by atoms with E-state index in [1.807, 2.05) is 36.4 Å². The van der Waals surface area contributed by atoms with Crippen molar-refractivity contribution in [2.45, 2.75) is 43.9 Å². The lowest BCUT2D eigenvalue weighted by Gasteiger charge is -2.23. The Morgan fingerprint density at radius 3 is 2.76 bits per heavy atom. The van der Waals surface area contributed by atoms with Crippen molar-refractivity contribution in [3.05, 3.63) is 64.4 Å². The summed E-state index contributed by atoms with van der Waals surface area (Å²) in [6, 6.07) is 14.8. The van der Waals surface area contributed by atoms with Gasteiger partial charge in [-0.15, -0.1) is 0 Å². The van der Waals surface area contributed by atoms with Gasteiger partial charge < -0.3 is 15.2 Å². The molecule has 2 aromatic carbocycles. The SMILES string of the molecule is CCCCCCSc1n[n+]2c(c(=O)[nH]1)-c1ccccc1N[C@H]2c1ccccc1OCC(=O)O. The van der Waals surface area contributed by atoms with Gasteiger partial charge in [-0.2, -0.15) is 0 Å². The van der Waals surface area contributed by atoms with Crippen molar-refractivity contribution in [2.75, 3.05) is 17.7 Å². The van der Waals surface area contributed by atoms with E-state index in [0.29, 0.717) is 22.2 Å². The van der Waals surface area contributed by atoms with Crippen LogP contribution in [0.15, 0.2) is 58.5 Å². The number of carbonyl (C=O) groups is 1. The van der Waals surface area contributed by atoms with E-state index in [2.05, 4.69) is 17.2 Å². The highest BCUT2D eigenvalue weighted by Gasteiger charge is 2.39. The van der Waals surface area contributed by atoms with Crippen LogP contribution in [0.2, 0.25) is 0 Å². The van der Waals surface area contributed by atoms with Gasteiger partial charge in [-0.25, -0.2) is 4.79 Å². The zero-order valence-corrected chi connectivity index (χ0v) is 19.2. The number of para-hydroxylation sites is 2. The Bertz CT molecular complexity index is 1200. The Morgan fingerprint density at radius 1 is 1.15 bits per heavy atom. The van der Waals surface area contributed by atoms with E-state index < -0.39 is 18.7 Å². The fourth-order valence-corrected chi connectivity index (χ4v) is 4.69. The highest BCUT2D eigenvalue weighted by Crippen LogP contribution is 2.34. The lowest BCUT2D eigenvalue weighted by molar-refractivity contribution is -0.759. The average Bonchev–Trinajstić information content (AvgIpc) is 2.82. The molecule has 2 heterocycles. The normalized spacial score (nSPS) is 14.2. The summed E-state index contributed by atoms with van der Waals surface area (Å²) in [5.41, 5.74) is 2.46. The number of hydrogen-bond acceptors (Lipinski definition) is 6. The van der Waals surface area contributed by atoms with Crippen molar-refractivity contribution in [3.8, 4) is 17.0 Å². The lowest BCUT2D eigenvalue weighted by Crippen LogP contribution is -2.55. The topological polar surface area (TPSA) is 108 Å². The number of rotatable bonds is 10. The number of aliphatic carboxylic acids is 1. The molecule has 0 aliphatic carbocycles. The molecule has 1 atom stereocenters. The summed E-state index contributed by atoms with van der Waals surface area (Å²) in [6.07, 6.45) is 4.03. The van der Waals surface area contributed by atoms with E-state index in [1.165, 1.54) is 24.6 Å². The standard InChI is InChI=1S/C24H26N4O4S/c1-2-3-4-9-14-33-24-26-23(31)21-16-10-5-7-12-18(16)25-22(28(21)27-24)17-11-6-8-13-19(17)32-15-20(29)30/h5-8,10-13,22H,2-4,9,14-15H2,1H3,(H2,26,27,29,30,31)/p+1/t22-/m1/s1. The number of aromatic amines is 1. The molecular formula is C24H27N4O4S+. The second-order valence-corrected chi connectivity index (χ2v) is 8.86. The van der Waals surface area contributed by atoms with Crippen molar-refractivity contribution in [1.82, 2.24) is 10.1 Å². The van der Waals surface area contributed by atoms with Crippen LogP contribution in [0.3, 0.4) is 0 Å². The molecule has 172 valence electrons. The minimum atomic E-state index is -1.06. The Morgan fingerprint density at radius 2 is 1.94 bits per heavy atom. The maximum absolute atomic E-state index is 13.2. The molecule has 3 aromatic rings. The number of nitrogens with zero attached hydrogens (tertiary/aromatic N) is 2. The number of carboxylic acid groups (broad SMARTS) is 1. The third-order valence-electron chi connectivity index (χ3n) is 5.38. The molecule has 0 spiro atoms. The summed E-state index contributed by atoms with van der Waals surface area (Å²) in [6.45, 7) is 1.72. The molecule has 0 saturated carbocycles. The molecule has 1 aliphatic rings. The molecule has 3 N–H and O–H groups in total. The van der Waals surface area contributed by atoms with Crippen molar-refractivity contribution in [3.63, 3.8) is 0 Å². The number of nitrogens with one attached hydrogen (secondary N) is 2. The van der Waals surface area contributed by atoms with Gasteiger partial charge in [0.15, 0.2) is 6.61 Å². The van der Waals surface area contributed by atoms with Crippen LogP contribution in [0.5, 0.6) is 5.75 Å². The van der Waals surface area contributed by atoms with Gasteiger partial charge in [-0.05, 0) is 35.4 Å². The van der Waals surface area contributed by atoms with Gasteiger partial charge in [0.1, 0.15) is 5.75 Å². The number of benzene rings is 2. The number of hydrogen-bond donors (Lipinski definition) is 3. The van der Waals surface area contributed by atoms with E-state index in [1.54, 1.807) is 16.8 Å². The fraction of sp³-hybridized carbons (Fsp3) is 0.333. The monoisotopic (exact) mass is 467 g/mol. The summed E-state index contributed by atoms with van der Waals surface area (Å²) in [4.78, 5) is 27.2. The smallest absolute Gasteiger partial charge is 0.341 e. The molecular weight excluding hydrogens is 440 g/mol. The molecule has 0 amide bonds. The van der Waals surface area contributed by atoms with Gasteiger partial charge in [0.05, 0.1) is 16.8 Å². The van der Waals surface area contributed by atoms with Crippen molar-refractivity contribution in [1.29, 1.82) is 0 Å². The summed E-state index contributed by atoms with van der Waals surface area (Å²) in [7, 11) is 0. The third kappa shape index (κ3) is 5.19. The van der Waals surface area contributed by atoms with Crippen molar-refractivity contribution in [2.24, 2.45) is 0 Å². The van der Waals surface area contributed by atoms with Crippen LogP contribution in [-0.2, 0) is 4.79 Å². The summed E-state index contributed by atoms with van der Waals surface area (Å²) in [5, 5.41) is 17.8. The number of thioether (sulfide) groups is 1. The molecule has 33 heavy (non-hydrogen) atoms.